The zero-order valence-electron chi connectivity index (χ0n) is 8.04. The van der Waals surface area contributed by atoms with Crippen LogP contribution in [0.4, 0.5) is 4.79 Å². The molecule has 0 fully saturated rings. The van der Waals surface area contributed by atoms with Crippen LogP contribution < -0.4 is 10.2 Å². The number of carbonyl (C=O) groups is 1. The van der Waals surface area contributed by atoms with E-state index in [1.165, 1.54) is 16.4 Å². The lowest BCUT2D eigenvalue weighted by Crippen LogP contribution is -2.36. The first-order valence-corrected chi connectivity index (χ1v) is 4.76. The van der Waals surface area contributed by atoms with Crippen molar-refractivity contribution in [2.75, 3.05) is 0 Å². The molecular formula is C9H8ClN4O2+. The number of hydrogen-bond donors (Lipinski definition) is 2. The van der Waals surface area contributed by atoms with E-state index in [4.69, 9.17) is 16.8 Å². The number of benzene rings is 1. The molecule has 0 aliphatic carbocycles. The normalized spacial score (nSPS) is 10.1. The van der Waals surface area contributed by atoms with Crippen molar-refractivity contribution < 1.29 is 14.7 Å². The average Bonchev–Trinajstić information content (AvgIpc) is 2.78. The van der Waals surface area contributed by atoms with Gasteiger partial charge in [0.25, 0.3) is 0 Å². The molecule has 0 saturated heterocycles. The molecule has 6 nitrogen and oxygen atoms in total. The molecule has 1 amide bonds. The van der Waals surface area contributed by atoms with Gasteiger partial charge in [-0.2, -0.15) is 5.48 Å². The first-order chi connectivity index (χ1) is 7.70. The zero-order valence-corrected chi connectivity index (χ0v) is 8.80. The summed E-state index contributed by atoms with van der Waals surface area (Å²) in [5, 5.41) is 12.9. The molecule has 0 unspecified atom stereocenters. The van der Waals surface area contributed by atoms with Crippen LogP contribution in [0.25, 0.3) is 5.69 Å². The maximum atomic E-state index is 11.0. The highest BCUT2D eigenvalue weighted by Crippen LogP contribution is 2.08. The van der Waals surface area contributed by atoms with E-state index >= 15 is 0 Å². The molecule has 1 aromatic carbocycles. The summed E-state index contributed by atoms with van der Waals surface area (Å²) in [5.74, 6) is 0. The van der Waals surface area contributed by atoms with Crippen LogP contribution in [0.1, 0.15) is 0 Å². The van der Waals surface area contributed by atoms with E-state index in [1.807, 2.05) is 0 Å². The molecule has 0 radical (unpaired) electrons. The largest absolute Gasteiger partial charge is 0.457 e. The first-order valence-electron chi connectivity index (χ1n) is 4.39. The number of aromatic nitrogens is 3. The number of rotatable bonds is 1. The van der Waals surface area contributed by atoms with Crippen molar-refractivity contribution in [1.29, 1.82) is 0 Å². The van der Waals surface area contributed by atoms with Gasteiger partial charge >= 0.3 is 6.03 Å². The molecule has 2 aromatic rings. The maximum absolute atomic E-state index is 11.0. The lowest BCUT2D eigenvalue weighted by molar-refractivity contribution is -0.660. The number of amides is 1. The summed E-state index contributed by atoms with van der Waals surface area (Å²) in [6, 6.07) is 6.23. The Morgan fingerprint density at radius 3 is 2.75 bits per heavy atom. The molecule has 1 heterocycles. The van der Waals surface area contributed by atoms with E-state index in [0.717, 1.165) is 10.4 Å². The van der Waals surface area contributed by atoms with E-state index < -0.39 is 6.03 Å². The maximum Gasteiger partial charge on any atom is 0.457 e. The van der Waals surface area contributed by atoms with Gasteiger partial charge in [-0.3, -0.25) is 5.21 Å². The summed E-state index contributed by atoms with van der Waals surface area (Å²) in [5.41, 5.74) is 2.24. The van der Waals surface area contributed by atoms with E-state index in [1.54, 1.807) is 30.5 Å². The minimum atomic E-state index is -0.729. The highest BCUT2D eigenvalue weighted by molar-refractivity contribution is 6.30. The van der Waals surface area contributed by atoms with Gasteiger partial charge in [0.1, 0.15) is 5.21 Å². The summed E-state index contributed by atoms with van der Waals surface area (Å²) >= 11 is 5.75. The monoisotopic (exact) mass is 239 g/mol. The number of nitrogens with one attached hydrogen (secondary N) is 1. The van der Waals surface area contributed by atoms with Gasteiger partial charge < -0.3 is 0 Å². The molecule has 0 aliphatic rings. The van der Waals surface area contributed by atoms with Crippen molar-refractivity contribution in [3.63, 3.8) is 0 Å². The summed E-state index contributed by atoms with van der Waals surface area (Å²) in [6.45, 7) is 0. The Morgan fingerprint density at radius 1 is 1.44 bits per heavy atom. The Balaban J connectivity index is 2.31. The number of carbonyl (C=O) groups excluding carboxylic acids is 1. The second-order valence-electron chi connectivity index (χ2n) is 2.97. The SMILES string of the molecule is O=C(NO)n1cc[n+](-c2ccc(Cl)cc2)n1. The smallest absolute Gasteiger partial charge is 0.285 e. The van der Waals surface area contributed by atoms with E-state index in [9.17, 15) is 4.79 Å². The molecule has 0 spiro atoms. The lowest BCUT2D eigenvalue weighted by Gasteiger charge is -1.92. The third-order valence-corrected chi connectivity index (χ3v) is 2.19. The number of halogens is 1. The molecule has 7 heteroatoms. The fourth-order valence-electron chi connectivity index (χ4n) is 1.18. The molecule has 0 saturated carbocycles. The average molecular weight is 240 g/mol. The minimum absolute atomic E-state index is 0.622. The standard InChI is InChI=1S/C9H7ClN4O2/c10-7-1-3-8(4-2-7)13-5-6-14(12-13)9(15)11-16/h1-6H,(H-,11,12,15,16)/p+1. The highest BCUT2D eigenvalue weighted by Gasteiger charge is 2.14. The minimum Gasteiger partial charge on any atom is -0.285 e. The van der Waals surface area contributed by atoms with Gasteiger partial charge in [-0.05, 0) is 28.9 Å². The van der Waals surface area contributed by atoms with Gasteiger partial charge in [0.15, 0.2) is 18.1 Å². The molecule has 2 N–H and O–H groups in total. The predicted molar refractivity (Wildman–Crippen MR) is 54.5 cm³/mol. The molecule has 82 valence electrons. The quantitative estimate of drug-likeness (QED) is 0.439. The van der Waals surface area contributed by atoms with E-state index in [0.29, 0.717) is 5.02 Å². The third kappa shape index (κ3) is 2.02. The molecule has 0 aliphatic heterocycles. The number of hydrogen-bond acceptors (Lipinski definition) is 3. The second kappa shape index (κ2) is 4.30. The van der Waals surface area contributed by atoms with Gasteiger partial charge in [-0.25, -0.2) is 4.79 Å². The van der Waals surface area contributed by atoms with E-state index in [-0.39, 0.29) is 0 Å². The lowest BCUT2D eigenvalue weighted by atomic mass is 10.3. The Hall–Kier alpha value is -1.92. The first kappa shape index (κ1) is 10.6. The summed E-state index contributed by atoms with van der Waals surface area (Å²) in [7, 11) is 0. The van der Waals surface area contributed by atoms with Crippen LogP contribution >= 0.6 is 11.6 Å². The van der Waals surface area contributed by atoms with Crippen molar-refractivity contribution in [3.05, 3.63) is 41.7 Å². The van der Waals surface area contributed by atoms with Gasteiger partial charge in [0.2, 0.25) is 0 Å². The fraction of sp³-hybridized carbons (Fsp3) is 0. The zero-order chi connectivity index (χ0) is 11.5. The molecular weight excluding hydrogens is 232 g/mol. The Bertz CT molecular complexity index is 508. The Morgan fingerprint density at radius 2 is 2.12 bits per heavy atom. The predicted octanol–water partition coefficient (Wildman–Crippen LogP) is 0.760. The van der Waals surface area contributed by atoms with Crippen molar-refractivity contribution >= 4 is 17.6 Å². The van der Waals surface area contributed by atoms with Crippen LogP contribution in [0.5, 0.6) is 0 Å². The number of nitrogens with zero attached hydrogens (tertiary/aromatic N) is 3. The van der Waals surface area contributed by atoms with Crippen LogP contribution in [0.15, 0.2) is 36.7 Å². The van der Waals surface area contributed by atoms with Crippen molar-refractivity contribution in [2.24, 2.45) is 0 Å². The summed E-state index contributed by atoms with van der Waals surface area (Å²) < 4.78 is 2.44. The van der Waals surface area contributed by atoms with Gasteiger partial charge in [0.05, 0.1) is 0 Å². The van der Waals surface area contributed by atoms with Crippen molar-refractivity contribution in [1.82, 2.24) is 15.4 Å². The van der Waals surface area contributed by atoms with E-state index in [2.05, 4.69) is 5.21 Å². The molecule has 0 atom stereocenters. The second-order valence-corrected chi connectivity index (χ2v) is 3.41. The third-order valence-electron chi connectivity index (χ3n) is 1.94. The summed E-state index contributed by atoms with van der Waals surface area (Å²) in [4.78, 5) is 11.0. The Labute approximate surface area is 95.6 Å². The highest BCUT2D eigenvalue weighted by atomic mass is 35.5. The summed E-state index contributed by atoms with van der Waals surface area (Å²) in [6.07, 6.45) is 3.00. The topological polar surface area (TPSA) is 71.0 Å². The number of hydroxylamine groups is 1. The van der Waals surface area contributed by atoms with Crippen LogP contribution in [-0.2, 0) is 0 Å². The van der Waals surface area contributed by atoms with Crippen LogP contribution in [0, 0.1) is 0 Å². The van der Waals surface area contributed by atoms with Gasteiger partial charge in [0, 0.05) is 5.02 Å². The van der Waals surface area contributed by atoms with Crippen LogP contribution in [0.2, 0.25) is 5.02 Å². The Kier molecular flexibility index (Phi) is 2.84. The fourth-order valence-corrected chi connectivity index (χ4v) is 1.31. The van der Waals surface area contributed by atoms with Crippen molar-refractivity contribution in [2.45, 2.75) is 0 Å². The van der Waals surface area contributed by atoms with Gasteiger partial charge in [-0.15, -0.1) is 4.68 Å². The molecule has 0 bridgehead atoms. The van der Waals surface area contributed by atoms with Crippen LogP contribution in [0.3, 0.4) is 0 Å². The molecule has 2 rings (SSSR count). The van der Waals surface area contributed by atoms with Crippen molar-refractivity contribution in [3.8, 4) is 5.69 Å². The van der Waals surface area contributed by atoms with Gasteiger partial charge in [-0.1, -0.05) is 11.6 Å². The molecule has 16 heavy (non-hydrogen) atoms. The molecule has 1 aromatic heterocycles. The van der Waals surface area contributed by atoms with Crippen LogP contribution in [-0.4, -0.2) is 21.1 Å².